The van der Waals surface area contributed by atoms with Gasteiger partial charge in [0.2, 0.25) is 0 Å². The molecule has 1 unspecified atom stereocenters. The Morgan fingerprint density at radius 1 is 0.867 bits per heavy atom. The van der Waals surface area contributed by atoms with Gasteiger partial charge in [-0.1, -0.05) is 0 Å². The van der Waals surface area contributed by atoms with Gasteiger partial charge in [0, 0.05) is 0 Å². The Labute approximate surface area is 199 Å². The number of rotatable bonds is 5. The molecule has 0 aliphatic heterocycles. The molecule has 0 saturated heterocycles. The maximum atomic E-state index is 5.66. The third-order valence-electron chi connectivity index (χ3n) is 5.67. The van der Waals surface area contributed by atoms with Crippen molar-refractivity contribution in [1.82, 2.24) is 0 Å². The molecule has 0 aromatic heterocycles. The molecule has 0 amide bonds. The maximum Gasteiger partial charge on any atom is -1.00 e. The molecule has 0 fully saturated rings. The minimum absolute atomic E-state index is 0. The molecule has 0 bridgehead atoms. The summed E-state index contributed by atoms with van der Waals surface area (Å²) in [5.41, 5.74) is 5.34. The summed E-state index contributed by atoms with van der Waals surface area (Å²) in [6.45, 7) is 4.65. The number of benzene rings is 2. The average molecular weight is 525 g/mol. The monoisotopic (exact) mass is 522 g/mol. The van der Waals surface area contributed by atoms with Crippen molar-refractivity contribution in [3.63, 3.8) is 0 Å². The quantitative estimate of drug-likeness (QED) is 0.527. The first-order valence-corrected chi connectivity index (χ1v) is 13.4. The Kier molecular flexibility index (Phi) is 8.56. The third-order valence-corrected chi connectivity index (χ3v) is 13.9. The number of ether oxygens (including phenoxy) is 3. The van der Waals surface area contributed by atoms with E-state index in [1.54, 1.807) is 27.8 Å². The number of fused-ring (bicyclic) bond motifs is 3. The number of hydrogen-bond acceptors (Lipinski definition) is 3. The summed E-state index contributed by atoms with van der Waals surface area (Å²) in [4.78, 5) is 0. The molecule has 3 nitrogen and oxygen atoms in total. The Hall–Kier alpha value is -1.35. The maximum absolute atomic E-state index is 5.66. The van der Waals surface area contributed by atoms with Crippen LogP contribution in [0, 0.1) is 0 Å². The van der Waals surface area contributed by atoms with Crippen LogP contribution in [-0.4, -0.2) is 24.5 Å². The van der Waals surface area contributed by atoms with E-state index >= 15 is 0 Å². The predicted octanol–water partition coefficient (Wildman–Crippen LogP) is -0.536. The van der Waals surface area contributed by atoms with Crippen molar-refractivity contribution in [2.24, 2.45) is 0 Å². The van der Waals surface area contributed by atoms with Gasteiger partial charge in [-0.05, 0) is 0 Å². The van der Waals surface area contributed by atoms with Gasteiger partial charge in [-0.3, -0.25) is 0 Å². The number of halogens is 2. The summed E-state index contributed by atoms with van der Waals surface area (Å²) >= 11 is -2.14. The molecule has 0 heterocycles. The molecular formula is C24H26Cl2O3Zr. The van der Waals surface area contributed by atoms with Gasteiger partial charge in [-0.15, -0.1) is 0 Å². The predicted molar refractivity (Wildman–Crippen MR) is 112 cm³/mol. The summed E-state index contributed by atoms with van der Waals surface area (Å²) in [5, 5.41) is 0. The molecule has 1 atom stereocenters. The van der Waals surface area contributed by atoms with Crippen LogP contribution in [0.4, 0.5) is 0 Å². The molecule has 2 aromatic rings. The van der Waals surface area contributed by atoms with Crippen molar-refractivity contribution < 1.29 is 60.3 Å². The Morgan fingerprint density at radius 3 is 2.10 bits per heavy atom. The van der Waals surface area contributed by atoms with Crippen LogP contribution in [0.1, 0.15) is 35.0 Å². The van der Waals surface area contributed by atoms with Gasteiger partial charge in [0.15, 0.2) is 0 Å². The molecule has 2 aliphatic carbocycles. The molecule has 0 N–H and O–H groups in total. The molecule has 158 valence electrons. The Bertz CT molecular complexity index is 1040. The smallest absolute Gasteiger partial charge is 1.00 e. The fourth-order valence-electron chi connectivity index (χ4n) is 4.44. The molecule has 4 rings (SSSR count). The number of hydrogen-bond donors (Lipinski definition) is 0. The average Bonchev–Trinajstić information content (AvgIpc) is 3.33. The van der Waals surface area contributed by atoms with E-state index in [0.29, 0.717) is 3.63 Å². The number of allylic oxidation sites excluding steroid dienone is 4. The van der Waals surface area contributed by atoms with E-state index in [1.165, 1.54) is 22.3 Å². The Balaban J connectivity index is 0.00000160. The van der Waals surface area contributed by atoms with Crippen LogP contribution < -0.4 is 39.0 Å². The summed E-state index contributed by atoms with van der Waals surface area (Å²) in [6.07, 6.45) is 7.96. The van der Waals surface area contributed by atoms with E-state index in [2.05, 4.69) is 62.4 Å². The van der Waals surface area contributed by atoms with E-state index in [0.717, 1.165) is 23.7 Å². The van der Waals surface area contributed by atoms with Crippen molar-refractivity contribution in [3.8, 4) is 28.4 Å². The first kappa shape index (κ1) is 24.9. The van der Waals surface area contributed by atoms with Gasteiger partial charge in [0.1, 0.15) is 0 Å². The first-order valence-electron chi connectivity index (χ1n) is 9.56. The van der Waals surface area contributed by atoms with Crippen LogP contribution >= 0.6 is 0 Å². The molecule has 30 heavy (non-hydrogen) atoms. The second kappa shape index (κ2) is 10.3. The van der Waals surface area contributed by atoms with Gasteiger partial charge in [-0.25, -0.2) is 0 Å². The zero-order chi connectivity index (χ0) is 19.8. The van der Waals surface area contributed by atoms with Crippen LogP contribution in [-0.2, 0) is 21.3 Å². The molecule has 6 heteroatoms. The van der Waals surface area contributed by atoms with E-state index in [4.69, 9.17) is 14.2 Å². The van der Waals surface area contributed by atoms with E-state index in [1.807, 2.05) is 0 Å². The van der Waals surface area contributed by atoms with Crippen molar-refractivity contribution in [3.05, 3.63) is 63.0 Å². The van der Waals surface area contributed by atoms with Crippen LogP contribution in [0.15, 0.2) is 51.8 Å². The second-order valence-electron chi connectivity index (χ2n) is 7.42. The van der Waals surface area contributed by atoms with E-state index < -0.39 is 21.3 Å². The topological polar surface area (TPSA) is 27.7 Å². The molecule has 2 aromatic carbocycles. The summed E-state index contributed by atoms with van der Waals surface area (Å²) in [6, 6.07) is 10.9. The summed E-state index contributed by atoms with van der Waals surface area (Å²) in [5.74, 6) is 2.51. The van der Waals surface area contributed by atoms with Gasteiger partial charge in [0.25, 0.3) is 0 Å². The minimum atomic E-state index is -2.14. The zero-order valence-corrected chi connectivity index (χ0v) is 21.9. The van der Waals surface area contributed by atoms with Gasteiger partial charge in [0.05, 0.1) is 0 Å². The Morgan fingerprint density at radius 2 is 1.53 bits per heavy atom. The van der Waals surface area contributed by atoms with Gasteiger partial charge >= 0.3 is 175 Å². The van der Waals surface area contributed by atoms with Crippen molar-refractivity contribution in [2.75, 3.05) is 21.3 Å². The van der Waals surface area contributed by atoms with E-state index in [9.17, 15) is 0 Å². The zero-order valence-electron chi connectivity index (χ0n) is 17.9. The van der Waals surface area contributed by atoms with Gasteiger partial charge in [-0.2, -0.15) is 0 Å². The van der Waals surface area contributed by atoms with E-state index in [-0.39, 0.29) is 24.8 Å². The first-order chi connectivity index (χ1) is 13.6. The summed E-state index contributed by atoms with van der Waals surface area (Å²) < 4.78 is 20.5. The largest absolute Gasteiger partial charge is 1.00 e. The molecule has 0 radical (unpaired) electrons. The van der Waals surface area contributed by atoms with Crippen molar-refractivity contribution in [1.29, 1.82) is 0 Å². The van der Waals surface area contributed by atoms with Crippen LogP contribution in [0.5, 0.6) is 17.2 Å². The minimum Gasteiger partial charge on any atom is -1.00 e. The SMILES string of the molecule is COc1ccc2c(c1)[CH]([Zr+2]([C]1=CC=CC1)=[C](C)C)c1cc(OC)c(OC)cc1-2.[Cl-].[Cl-]. The standard InChI is InChI=1S/C16H15O3.C5H5.C3H6.2ClH.Zr/c1-17-12-4-5-13-10(7-12)6-11-8-15(18-2)16(19-3)9-14(11)13;1-2-4-5-3-1;1-3-2;;;/h4-9H,1-3H3;1-3H,4H2;1-2H3;2*1H;/q;;;;;+2/p-2. The molecule has 0 saturated carbocycles. The van der Waals surface area contributed by atoms with Gasteiger partial charge < -0.3 is 24.8 Å². The summed E-state index contributed by atoms with van der Waals surface area (Å²) in [7, 11) is 5.15. The fraction of sp³-hybridized carbons (Fsp3) is 0.292. The number of methoxy groups -OCH3 is 3. The third kappa shape index (κ3) is 4.20. The van der Waals surface area contributed by atoms with Crippen LogP contribution in [0.25, 0.3) is 11.1 Å². The molecule has 2 aliphatic rings. The normalized spacial score (nSPS) is 14.9. The van der Waals surface area contributed by atoms with Crippen LogP contribution in [0.2, 0.25) is 0 Å². The molecule has 0 spiro atoms. The van der Waals surface area contributed by atoms with Crippen LogP contribution in [0.3, 0.4) is 0 Å². The fourth-order valence-corrected chi connectivity index (χ4v) is 12.6. The van der Waals surface area contributed by atoms with Crippen molar-refractivity contribution >= 4 is 3.21 Å². The molecular weight excluding hydrogens is 498 g/mol. The second-order valence-corrected chi connectivity index (χ2v) is 14.9. The van der Waals surface area contributed by atoms with Crippen molar-refractivity contribution in [2.45, 2.75) is 23.9 Å².